The van der Waals surface area contributed by atoms with Gasteiger partial charge in [-0.3, -0.25) is 4.79 Å². The first-order valence-corrected chi connectivity index (χ1v) is 8.12. The molecule has 0 bridgehead atoms. The van der Waals surface area contributed by atoms with E-state index in [0.717, 1.165) is 17.1 Å². The van der Waals surface area contributed by atoms with Crippen molar-refractivity contribution in [2.45, 2.75) is 6.54 Å². The molecule has 2 aliphatic heterocycles. The molecule has 2 aliphatic rings. The molecular weight excluding hydrogens is 324 g/mol. The fourth-order valence-electron chi connectivity index (χ4n) is 2.72. The van der Waals surface area contributed by atoms with E-state index >= 15 is 0 Å². The Kier molecular flexibility index (Phi) is 4.34. The van der Waals surface area contributed by atoms with Crippen LogP contribution < -0.4 is 14.8 Å². The number of anilines is 1. The molecule has 0 radical (unpaired) electrons. The summed E-state index contributed by atoms with van der Waals surface area (Å²) in [5, 5.41) is 3.14. The van der Waals surface area contributed by atoms with E-state index in [4.69, 9.17) is 14.2 Å². The third-order valence-corrected chi connectivity index (χ3v) is 4.06. The zero-order valence-corrected chi connectivity index (χ0v) is 13.6. The lowest BCUT2D eigenvalue weighted by molar-refractivity contribution is 0.0299. The van der Waals surface area contributed by atoms with Gasteiger partial charge in [0.2, 0.25) is 12.7 Å². The summed E-state index contributed by atoms with van der Waals surface area (Å²) in [5.41, 5.74) is 1.39. The summed E-state index contributed by atoms with van der Waals surface area (Å²) in [4.78, 5) is 22.7. The van der Waals surface area contributed by atoms with Crippen LogP contribution in [0, 0.1) is 0 Å². The van der Waals surface area contributed by atoms with E-state index in [9.17, 15) is 4.79 Å². The maximum absolute atomic E-state index is 12.5. The Morgan fingerprint density at radius 1 is 1.16 bits per heavy atom. The monoisotopic (exact) mass is 342 g/mol. The highest BCUT2D eigenvalue weighted by Gasteiger charge is 2.20. The molecule has 1 fully saturated rings. The maximum atomic E-state index is 12.5. The van der Waals surface area contributed by atoms with Gasteiger partial charge in [0.05, 0.1) is 13.2 Å². The molecule has 4 rings (SSSR count). The van der Waals surface area contributed by atoms with Crippen molar-refractivity contribution in [2.24, 2.45) is 0 Å². The third kappa shape index (κ3) is 3.48. The van der Waals surface area contributed by atoms with Crippen LogP contribution in [0.5, 0.6) is 11.5 Å². The molecule has 3 heterocycles. The minimum atomic E-state index is -0.100. The molecule has 1 aromatic heterocycles. The number of benzene rings is 1. The van der Waals surface area contributed by atoms with Crippen LogP contribution in [-0.4, -0.2) is 53.9 Å². The van der Waals surface area contributed by atoms with E-state index in [1.165, 1.54) is 0 Å². The van der Waals surface area contributed by atoms with E-state index < -0.39 is 0 Å². The van der Waals surface area contributed by atoms with Gasteiger partial charge in [0.15, 0.2) is 11.5 Å². The molecule has 0 spiro atoms. The van der Waals surface area contributed by atoms with Gasteiger partial charge in [0.25, 0.3) is 5.91 Å². The average Bonchev–Trinajstić information content (AvgIpc) is 3.14. The van der Waals surface area contributed by atoms with Gasteiger partial charge in [-0.1, -0.05) is 6.07 Å². The maximum Gasteiger partial charge on any atom is 0.272 e. The Labute approximate surface area is 144 Å². The molecule has 8 heteroatoms. The Morgan fingerprint density at radius 3 is 2.88 bits per heavy atom. The molecule has 0 atom stereocenters. The summed E-state index contributed by atoms with van der Waals surface area (Å²) in [6, 6.07) is 7.36. The average molecular weight is 342 g/mol. The van der Waals surface area contributed by atoms with Crippen LogP contribution in [0.2, 0.25) is 0 Å². The van der Waals surface area contributed by atoms with E-state index in [-0.39, 0.29) is 12.7 Å². The topological polar surface area (TPSA) is 85.8 Å². The van der Waals surface area contributed by atoms with Gasteiger partial charge < -0.3 is 24.4 Å². The molecule has 8 nitrogen and oxygen atoms in total. The largest absolute Gasteiger partial charge is 0.454 e. The van der Waals surface area contributed by atoms with Crippen molar-refractivity contribution < 1.29 is 19.0 Å². The molecule has 0 saturated carbocycles. The van der Waals surface area contributed by atoms with Gasteiger partial charge in [-0.25, -0.2) is 9.97 Å². The van der Waals surface area contributed by atoms with Crippen molar-refractivity contribution in [3.05, 3.63) is 41.7 Å². The normalized spacial score (nSPS) is 15.9. The van der Waals surface area contributed by atoms with E-state index in [1.807, 2.05) is 18.2 Å². The summed E-state index contributed by atoms with van der Waals surface area (Å²) >= 11 is 0. The summed E-state index contributed by atoms with van der Waals surface area (Å²) in [6.45, 7) is 3.07. The Hall–Kier alpha value is -2.87. The van der Waals surface area contributed by atoms with Gasteiger partial charge >= 0.3 is 0 Å². The predicted molar refractivity (Wildman–Crippen MR) is 88.6 cm³/mol. The number of amides is 1. The first kappa shape index (κ1) is 15.6. The highest BCUT2D eigenvalue weighted by molar-refractivity contribution is 5.92. The summed E-state index contributed by atoms with van der Waals surface area (Å²) in [7, 11) is 0. The Bertz CT molecular complexity index is 777. The molecule has 1 amide bonds. The standard InChI is InChI=1S/C17H18N4O4/c22-16(21-5-7-23-8-6-21)13-3-4-18-17(20-13)19-10-12-1-2-14-15(9-12)25-11-24-14/h1-4,9H,5-8,10-11H2,(H,18,19,20). The lowest BCUT2D eigenvalue weighted by atomic mass is 10.2. The molecule has 2 aromatic rings. The molecule has 1 N–H and O–H groups in total. The molecule has 25 heavy (non-hydrogen) atoms. The van der Waals surface area contributed by atoms with Gasteiger partial charge in [-0.15, -0.1) is 0 Å². The van der Waals surface area contributed by atoms with Crippen LogP contribution in [0.15, 0.2) is 30.5 Å². The van der Waals surface area contributed by atoms with E-state index in [1.54, 1.807) is 17.2 Å². The number of aromatic nitrogens is 2. The summed E-state index contributed by atoms with van der Waals surface area (Å²) < 4.78 is 15.9. The third-order valence-electron chi connectivity index (χ3n) is 4.06. The smallest absolute Gasteiger partial charge is 0.272 e. The number of nitrogens with one attached hydrogen (secondary N) is 1. The number of rotatable bonds is 4. The number of fused-ring (bicyclic) bond motifs is 1. The number of hydrogen-bond acceptors (Lipinski definition) is 7. The molecular formula is C17H18N4O4. The first-order chi connectivity index (χ1) is 12.3. The van der Waals surface area contributed by atoms with Crippen LogP contribution in [0.1, 0.15) is 16.1 Å². The number of ether oxygens (including phenoxy) is 3. The number of morpholine rings is 1. The second-order valence-electron chi connectivity index (χ2n) is 5.71. The first-order valence-electron chi connectivity index (χ1n) is 8.12. The number of nitrogens with zero attached hydrogens (tertiary/aromatic N) is 3. The van der Waals surface area contributed by atoms with Crippen LogP contribution in [0.4, 0.5) is 5.95 Å². The summed E-state index contributed by atoms with van der Waals surface area (Å²) in [6.07, 6.45) is 1.59. The van der Waals surface area contributed by atoms with Crippen molar-refractivity contribution in [1.82, 2.24) is 14.9 Å². The fourth-order valence-corrected chi connectivity index (χ4v) is 2.72. The molecule has 1 saturated heterocycles. The van der Waals surface area contributed by atoms with Crippen LogP contribution in [0.3, 0.4) is 0 Å². The molecule has 130 valence electrons. The van der Waals surface area contributed by atoms with Crippen molar-refractivity contribution >= 4 is 11.9 Å². The minimum absolute atomic E-state index is 0.100. The second-order valence-corrected chi connectivity index (χ2v) is 5.71. The molecule has 0 unspecified atom stereocenters. The van der Waals surface area contributed by atoms with E-state index in [0.29, 0.717) is 44.5 Å². The quantitative estimate of drug-likeness (QED) is 0.896. The van der Waals surface area contributed by atoms with Crippen molar-refractivity contribution in [3.8, 4) is 11.5 Å². The predicted octanol–water partition coefficient (Wildman–Crippen LogP) is 1.29. The highest BCUT2D eigenvalue weighted by atomic mass is 16.7. The van der Waals surface area contributed by atoms with Crippen LogP contribution in [-0.2, 0) is 11.3 Å². The number of carbonyl (C=O) groups excluding carboxylic acids is 1. The SMILES string of the molecule is O=C(c1ccnc(NCc2ccc3c(c2)OCO3)n1)N1CCOCC1. The van der Waals surface area contributed by atoms with Crippen LogP contribution >= 0.6 is 0 Å². The van der Waals surface area contributed by atoms with Gasteiger partial charge in [-0.05, 0) is 23.8 Å². The second kappa shape index (κ2) is 6.94. The van der Waals surface area contributed by atoms with Gasteiger partial charge in [0, 0.05) is 25.8 Å². The lowest BCUT2D eigenvalue weighted by Crippen LogP contribution is -2.41. The Morgan fingerprint density at radius 2 is 2.00 bits per heavy atom. The van der Waals surface area contributed by atoms with Gasteiger partial charge in [0.1, 0.15) is 5.69 Å². The Balaban J connectivity index is 1.42. The van der Waals surface area contributed by atoms with Gasteiger partial charge in [-0.2, -0.15) is 0 Å². The number of carbonyl (C=O) groups is 1. The zero-order valence-electron chi connectivity index (χ0n) is 13.6. The highest BCUT2D eigenvalue weighted by Crippen LogP contribution is 2.32. The minimum Gasteiger partial charge on any atom is -0.454 e. The zero-order chi connectivity index (χ0) is 17.1. The lowest BCUT2D eigenvalue weighted by Gasteiger charge is -2.26. The fraction of sp³-hybridized carbons (Fsp3) is 0.353. The van der Waals surface area contributed by atoms with Crippen molar-refractivity contribution in [2.75, 3.05) is 38.4 Å². The summed E-state index contributed by atoms with van der Waals surface area (Å²) in [5.74, 6) is 1.79. The van der Waals surface area contributed by atoms with E-state index in [2.05, 4.69) is 15.3 Å². The van der Waals surface area contributed by atoms with Crippen molar-refractivity contribution in [1.29, 1.82) is 0 Å². The number of hydrogen-bond donors (Lipinski definition) is 1. The molecule has 1 aromatic carbocycles. The van der Waals surface area contributed by atoms with Crippen molar-refractivity contribution in [3.63, 3.8) is 0 Å². The molecule has 0 aliphatic carbocycles. The van der Waals surface area contributed by atoms with Crippen LogP contribution in [0.25, 0.3) is 0 Å².